The summed E-state index contributed by atoms with van der Waals surface area (Å²) < 4.78 is 0.743. The zero-order chi connectivity index (χ0) is 25.9. The van der Waals surface area contributed by atoms with Crippen LogP contribution in [0.15, 0.2) is 71.6 Å². The van der Waals surface area contributed by atoms with E-state index < -0.39 is 0 Å². The molecule has 0 spiro atoms. The maximum absolute atomic E-state index is 13.0. The summed E-state index contributed by atoms with van der Waals surface area (Å²) in [5, 5.41) is 7.19. The van der Waals surface area contributed by atoms with E-state index in [1.165, 1.54) is 17.5 Å². The molecule has 37 heavy (non-hydrogen) atoms. The lowest BCUT2D eigenvalue weighted by molar-refractivity contribution is 0.0951. The number of pyridine rings is 1. The maximum atomic E-state index is 13.0. The molecule has 0 aliphatic heterocycles. The van der Waals surface area contributed by atoms with Crippen molar-refractivity contribution in [1.29, 1.82) is 0 Å². The molecule has 1 amide bonds. The van der Waals surface area contributed by atoms with Gasteiger partial charge < -0.3 is 16.4 Å². The van der Waals surface area contributed by atoms with Gasteiger partial charge in [0, 0.05) is 32.4 Å². The molecule has 9 heteroatoms. The van der Waals surface area contributed by atoms with Crippen LogP contribution >= 0.6 is 27.3 Å². The molecule has 5 rings (SSSR count). The van der Waals surface area contributed by atoms with Crippen LogP contribution in [-0.4, -0.2) is 20.9 Å². The van der Waals surface area contributed by atoms with E-state index in [0.29, 0.717) is 30.3 Å². The highest BCUT2D eigenvalue weighted by Crippen LogP contribution is 2.31. The standard InChI is InChI=1S/C28H25BrN6OS/c1-16-3-4-18(9-17(16)2)12-33-28(36)23-11-20(29)13-31-27(23)32-14-21-6-8-25(37-21)19-5-7-24-22(10-19)26(30)35-15-34-24/h3-11,13,15H,12,14H2,1-2H3,(H,31,32)(H,33,36)(H2,30,34,35). The normalized spacial score (nSPS) is 11.0. The van der Waals surface area contributed by atoms with Crippen LogP contribution in [0.3, 0.4) is 0 Å². The lowest BCUT2D eigenvalue weighted by Crippen LogP contribution is -2.24. The summed E-state index contributed by atoms with van der Waals surface area (Å²) in [7, 11) is 0. The lowest BCUT2D eigenvalue weighted by Gasteiger charge is -2.12. The van der Waals surface area contributed by atoms with Crippen LogP contribution < -0.4 is 16.4 Å². The number of aromatic nitrogens is 3. The number of benzene rings is 2. The number of hydrogen-bond acceptors (Lipinski definition) is 7. The van der Waals surface area contributed by atoms with Crippen molar-refractivity contribution in [2.24, 2.45) is 0 Å². The minimum absolute atomic E-state index is 0.183. The number of thiophene rings is 1. The fourth-order valence-electron chi connectivity index (χ4n) is 3.97. The number of halogens is 1. The van der Waals surface area contributed by atoms with Gasteiger partial charge >= 0.3 is 0 Å². The fourth-order valence-corrected chi connectivity index (χ4v) is 5.25. The van der Waals surface area contributed by atoms with E-state index in [4.69, 9.17) is 5.73 Å². The number of anilines is 2. The van der Waals surface area contributed by atoms with Gasteiger partial charge in [-0.25, -0.2) is 15.0 Å². The number of amides is 1. The molecule has 0 atom stereocenters. The van der Waals surface area contributed by atoms with E-state index in [1.807, 2.05) is 24.3 Å². The Morgan fingerprint density at radius 1 is 0.973 bits per heavy atom. The number of hydrogen-bond donors (Lipinski definition) is 3. The molecule has 3 aromatic heterocycles. The Labute approximate surface area is 227 Å². The van der Waals surface area contributed by atoms with Crippen molar-refractivity contribution in [3.8, 4) is 10.4 Å². The number of nitrogens with two attached hydrogens (primary N) is 1. The molecular formula is C28H25BrN6OS. The minimum atomic E-state index is -0.183. The number of fused-ring (bicyclic) bond motifs is 1. The molecule has 5 aromatic rings. The number of carbonyl (C=O) groups is 1. The summed E-state index contributed by atoms with van der Waals surface area (Å²) >= 11 is 5.10. The van der Waals surface area contributed by atoms with Gasteiger partial charge in [0.15, 0.2) is 0 Å². The largest absolute Gasteiger partial charge is 0.383 e. The Bertz CT molecular complexity index is 1620. The molecule has 0 bridgehead atoms. The van der Waals surface area contributed by atoms with Crippen LogP contribution in [0.25, 0.3) is 21.3 Å². The minimum Gasteiger partial charge on any atom is -0.383 e. The van der Waals surface area contributed by atoms with Crippen LogP contribution in [0, 0.1) is 13.8 Å². The Kier molecular flexibility index (Phi) is 7.16. The molecule has 2 aromatic carbocycles. The van der Waals surface area contributed by atoms with Gasteiger partial charge in [-0.1, -0.05) is 24.3 Å². The quantitative estimate of drug-likeness (QED) is 0.212. The third-order valence-corrected chi connectivity index (χ3v) is 7.73. The predicted molar refractivity (Wildman–Crippen MR) is 154 cm³/mol. The predicted octanol–water partition coefficient (Wildman–Crippen LogP) is 6.26. The van der Waals surface area contributed by atoms with Gasteiger partial charge in [0.1, 0.15) is 18.0 Å². The van der Waals surface area contributed by atoms with E-state index in [2.05, 4.69) is 79.6 Å². The molecular weight excluding hydrogens is 548 g/mol. The first kappa shape index (κ1) is 24.9. The van der Waals surface area contributed by atoms with E-state index in [-0.39, 0.29) is 5.91 Å². The van der Waals surface area contributed by atoms with Gasteiger partial charge in [-0.05, 0) is 82.4 Å². The molecule has 4 N–H and O–H groups in total. The Hall–Kier alpha value is -3.82. The fraction of sp³-hybridized carbons (Fsp3) is 0.143. The van der Waals surface area contributed by atoms with E-state index in [1.54, 1.807) is 23.6 Å². The monoisotopic (exact) mass is 572 g/mol. The van der Waals surface area contributed by atoms with Crippen LogP contribution in [0.4, 0.5) is 11.6 Å². The first-order chi connectivity index (χ1) is 17.9. The molecule has 0 unspecified atom stereocenters. The van der Waals surface area contributed by atoms with Crippen LogP contribution in [0.1, 0.15) is 31.9 Å². The van der Waals surface area contributed by atoms with Crippen molar-refractivity contribution in [2.45, 2.75) is 26.9 Å². The zero-order valence-electron chi connectivity index (χ0n) is 20.4. The highest BCUT2D eigenvalue weighted by atomic mass is 79.9. The van der Waals surface area contributed by atoms with Gasteiger partial charge in [0.05, 0.1) is 17.6 Å². The molecule has 0 fully saturated rings. The van der Waals surface area contributed by atoms with Gasteiger partial charge in [-0.15, -0.1) is 11.3 Å². The Morgan fingerprint density at radius 2 is 1.84 bits per heavy atom. The number of nitrogens with one attached hydrogen (secondary N) is 2. The first-order valence-corrected chi connectivity index (χ1v) is 13.3. The maximum Gasteiger partial charge on any atom is 0.255 e. The van der Waals surface area contributed by atoms with Gasteiger partial charge in [0.25, 0.3) is 5.91 Å². The third-order valence-electron chi connectivity index (χ3n) is 6.17. The van der Waals surface area contributed by atoms with E-state index in [9.17, 15) is 4.79 Å². The average molecular weight is 574 g/mol. The molecule has 7 nitrogen and oxygen atoms in total. The highest BCUT2D eigenvalue weighted by Gasteiger charge is 2.14. The number of nitrogens with zero attached hydrogens (tertiary/aromatic N) is 3. The summed E-state index contributed by atoms with van der Waals surface area (Å²) in [5.74, 6) is 0.818. The lowest BCUT2D eigenvalue weighted by atomic mass is 10.1. The van der Waals surface area contributed by atoms with Gasteiger partial charge in [-0.2, -0.15) is 0 Å². The third kappa shape index (κ3) is 5.63. The summed E-state index contributed by atoms with van der Waals surface area (Å²) in [6.45, 7) is 5.13. The van der Waals surface area contributed by atoms with Crippen molar-refractivity contribution >= 4 is 55.7 Å². The average Bonchev–Trinajstić information content (AvgIpc) is 3.37. The summed E-state index contributed by atoms with van der Waals surface area (Å²) in [4.78, 5) is 28.1. The van der Waals surface area contributed by atoms with Crippen LogP contribution in [0.5, 0.6) is 0 Å². The summed E-state index contributed by atoms with van der Waals surface area (Å²) in [6, 6.07) is 18.1. The second-order valence-corrected chi connectivity index (χ2v) is 10.8. The molecule has 186 valence electrons. The van der Waals surface area contributed by atoms with Gasteiger partial charge in [-0.3, -0.25) is 4.79 Å². The Balaban J connectivity index is 1.29. The van der Waals surface area contributed by atoms with E-state index >= 15 is 0 Å². The number of nitrogen functional groups attached to an aromatic ring is 1. The number of carbonyl (C=O) groups excluding carboxylic acids is 1. The SMILES string of the molecule is Cc1ccc(CNC(=O)c2cc(Br)cnc2NCc2ccc(-c3ccc4ncnc(N)c4c3)s2)cc1C. The zero-order valence-corrected chi connectivity index (χ0v) is 22.8. The first-order valence-electron chi connectivity index (χ1n) is 11.7. The van der Waals surface area contributed by atoms with E-state index in [0.717, 1.165) is 36.3 Å². The van der Waals surface area contributed by atoms with Crippen LogP contribution in [0.2, 0.25) is 0 Å². The Morgan fingerprint density at radius 3 is 2.68 bits per heavy atom. The van der Waals surface area contributed by atoms with Gasteiger partial charge in [0.2, 0.25) is 0 Å². The summed E-state index contributed by atoms with van der Waals surface area (Å²) in [5.41, 5.74) is 11.9. The smallest absolute Gasteiger partial charge is 0.255 e. The number of aryl methyl sites for hydroxylation is 2. The molecule has 3 heterocycles. The molecule has 0 saturated heterocycles. The molecule has 0 aliphatic rings. The second-order valence-electron chi connectivity index (χ2n) is 8.76. The molecule has 0 saturated carbocycles. The van der Waals surface area contributed by atoms with Crippen molar-refractivity contribution in [3.63, 3.8) is 0 Å². The van der Waals surface area contributed by atoms with Crippen molar-refractivity contribution in [3.05, 3.63) is 98.7 Å². The number of rotatable bonds is 7. The highest BCUT2D eigenvalue weighted by molar-refractivity contribution is 9.10. The van der Waals surface area contributed by atoms with Crippen molar-refractivity contribution in [1.82, 2.24) is 20.3 Å². The van der Waals surface area contributed by atoms with Crippen molar-refractivity contribution in [2.75, 3.05) is 11.1 Å². The topological polar surface area (TPSA) is 106 Å². The summed E-state index contributed by atoms with van der Waals surface area (Å²) in [6.07, 6.45) is 3.16. The molecule has 0 aliphatic carbocycles. The second kappa shape index (κ2) is 10.7. The van der Waals surface area contributed by atoms with Crippen molar-refractivity contribution < 1.29 is 4.79 Å². The molecule has 0 radical (unpaired) electrons. The van der Waals surface area contributed by atoms with Crippen LogP contribution in [-0.2, 0) is 13.1 Å².